The van der Waals surface area contributed by atoms with E-state index in [0.29, 0.717) is 6.42 Å². The summed E-state index contributed by atoms with van der Waals surface area (Å²) >= 11 is 0. The first-order chi connectivity index (χ1) is 11.3. The van der Waals surface area contributed by atoms with E-state index < -0.39 is 28.2 Å². The molecule has 0 saturated carbocycles. The van der Waals surface area contributed by atoms with Gasteiger partial charge in [0.2, 0.25) is 5.82 Å². The second-order valence-corrected chi connectivity index (χ2v) is 5.65. The Labute approximate surface area is 137 Å². The van der Waals surface area contributed by atoms with Crippen molar-refractivity contribution in [1.29, 1.82) is 0 Å². The number of aromatic nitrogens is 2. The summed E-state index contributed by atoms with van der Waals surface area (Å²) in [6.07, 6.45) is 1.77. The molecule has 2 aromatic rings. The molecule has 9 nitrogen and oxygen atoms in total. The van der Waals surface area contributed by atoms with Gasteiger partial charge in [-0.15, -0.1) is 0 Å². The molecule has 0 saturated heterocycles. The average Bonchev–Trinajstić information content (AvgIpc) is 2.52. The van der Waals surface area contributed by atoms with Gasteiger partial charge in [0.1, 0.15) is 11.7 Å². The van der Waals surface area contributed by atoms with Crippen molar-refractivity contribution in [2.45, 2.75) is 26.3 Å². The van der Waals surface area contributed by atoms with Crippen molar-refractivity contribution in [3.63, 3.8) is 0 Å². The van der Waals surface area contributed by atoms with E-state index in [-0.39, 0.29) is 17.4 Å². The molecule has 2 aromatic heterocycles. The summed E-state index contributed by atoms with van der Waals surface area (Å²) in [7, 11) is 1.23. The number of nitro groups is 1. The molecule has 0 aliphatic rings. The first-order valence-electron chi connectivity index (χ1n) is 7.35. The SMILES string of the molecule is COC(=O)[C@@H](CC(C)C)Nc1nc2ccccn2c(=O)c1[N+](=O)[O-]. The highest BCUT2D eigenvalue weighted by atomic mass is 16.6. The third kappa shape index (κ3) is 3.50. The van der Waals surface area contributed by atoms with Gasteiger partial charge in [-0.1, -0.05) is 19.9 Å². The van der Waals surface area contributed by atoms with Crippen LogP contribution >= 0.6 is 0 Å². The van der Waals surface area contributed by atoms with Crippen molar-refractivity contribution in [2.24, 2.45) is 5.92 Å². The largest absolute Gasteiger partial charge is 0.467 e. The van der Waals surface area contributed by atoms with E-state index in [1.165, 1.54) is 13.3 Å². The van der Waals surface area contributed by atoms with E-state index in [1.54, 1.807) is 18.2 Å². The molecule has 0 aromatic carbocycles. The van der Waals surface area contributed by atoms with Gasteiger partial charge in [-0.05, 0) is 24.5 Å². The standard InChI is InChI=1S/C15H18N4O5/c1-9(2)8-10(15(21)24-3)16-13-12(19(22)23)14(20)18-7-5-4-6-11(18)17-13/h4-7,9-10,16H,8H2,1-3H3/t10-/m1/s1. The summed E-state index contributed by atoms with van der Waals surface area (Å²) in [5, 5.41) is 14.0. The fourth-order valence-corrected chi connectivity index (χ4v) is 2.34. The molecule has 1 N–H and O–H groups in total. The van der Waals surface area contributed by atoms with Gasteiger partial charge in [0.05, 0.1) is 12.0 Å². The zero-order valence-corrected chi connectivity index (χ0v) is 13.6. The maximum atomic E-state index is 12.4. The Morgan fingerprint density at radius 3 is 2.75 bits per heavy atom. The number of anilines is 1. The van der Waals surface area contributed by atoms with E-state index in [9.17, 15) is 19.7 Å². The van der Waals surface area contributed by atoms with Crippen LogP contribution in [0.15, 0.2) is 29.2 Å². The molecular weight excluding hydrogens is 316 g/mol. The van der Waals surface area contributed by atoms with Crippen molar-refractivity contribution < 1.29 is 14.5 Å². The maximum Gasteiger partial charge on any atom is 0.376 e. The fraction of sp³-hybridized carbons (Fsp3) is 0.400. The van der Waals surface area contributed by atoms with Gasteiger partial charge in [-0.25, -0.2) is 9.78 Å². The van der Waals surface area contributed by atoms with Gasteiger partial charge >= 0.3 is 17.2 Å². The summed E-state index contributed by atoms with van der Waals surface area (Å²) in [5.74, 6) is -0.692. The van der Waals surface area contributed by atoms with E-state index in [4.69, 9.17) is 4.74 Å². The fourth-order valence-electron chi connectivity index (χ4n) is 2.34. The number of nitrogens with one attached hydrogen (secondary N) is 1. The zero-order chi connectivity index (χ0) is 17.9. The summed E-state index contributed by atoms with van der Waals surface area (Å²) in [5.41, 5.74) is -1.29. The third-order valence-corrected chi connectivity index (χ3v) is 3.40. The van der Waals surface area contributed by atoms with Crippen LogP contribution in [0.1, 0.15) is 20.3 Å². The molecule has 0 spiro atoms. The lowest BCUT2D eigenvalue weighted by Gasteiger charge is -2.18. The number of ether oxygens (including phenoxy) is 1. The zero-order valence-electron chi connectivity index (χ0n) is 13.6. The predicted molar refractivity (Wildman–Crippen MR) is 87.0 cm³/mol. The lowest BCUT2D eigenvalue weighted by molar-refractivity contribution is -0.385. The Balaban J connectivity index is 2.57. The minimum atomic E-state index is -0.841. The van der Waals surface area contributed by atoms with Crippen LogP contribution in [0, 0.1) is 16.0 Å². The molecule has 0 bridgehead atoms. The second kappa shape index (κ2) is 7.07. The Kier molecular flexibility index (Phi) is 5.12. The summed E-state index contributed by atoms with van der Waals surface area (Å²) in [4.78, 5) is 38.9. The van der Waals surface area contributed by atoms with Gasteiger partial charge in [0.15, 0.2) is 0 Å². The number of carbonyl (C=O) groups excluding carboxylic acids is 1. The number of pyridine rings is 1. The Hall–Kier alpha value is -2.97. The first-order valence-corrected chi connectivity index (χ1v) is 7.35. The van der Waals surface area contributed by atoms with Crippen molar-refractivity contribution in [2.75, 3.05) is 12.4 Å². The predicted octanol–water partition coefficient (Wildman–Crippen LogP) is 1.60. The molecule has 1 atom stereocenters. The highest BCUT2D eigenvalue weighted by molar-refractivity contribution is 5.80. The number of fused-ring (bicyclic) bond motifs is 1. The molecule has 128 valence electrons. The number of carbonyl (C=O) groups is 1. The van der Waals surface area contributed by atoms with Crippen LogP contribution in [0.25, 0.3) is 5.65 Å². The highest BCUT2D eigenvalue weighted by Crippen LogP contribution is 2.21. The van der Waals surface area contributed by atoms with Crippen LogP contribution in [-0.2, 0) is 9.53 Å². The summed E-state index contributed by atoms with van der Waals surface area (Å²) < 4.78 is 5.80. The van der Waals surface area contributed by atoms with Gasteiger partial charge in [-0.3, -0.25) is 19.3 Å². The highest BCUT2D eigenvalue weighted by Gasteiger charge is 2.28. The maximum absolute atomic E-state index is 12.4. The smallest absolute Gasteiger partial charge is 0.376 e. The molecule has 2 rings (SSSR count). The lowest BCUT2D eigenvalue weighted by Crippen LogP contribution is -2.34. The number of nitrogens with zero attached hydrogens (tertiary/aromatic N) is 3. The molecule has 9 heteroatoms. The van der Waals surface area contributed by atoms with Crippen molar-refractivity contribution >= 4 is 23.1 Å². The number of hydrogen-bond donors (Lipinski definition) is 1. The molecule has 0 unspecified atom stereocenters. The Morgan fingerprint density at radius 2 is 2.17 bits per heavy atom. The van der Waals surface area contributed by atoms with E-state index in [2.05, 4.69) is 10.3 Å². The van der Waals surface area contributed by atoms with E-state index >= 15 is 0 Å². The van der Waals surface area contributed by atoms with Gasteiger partial charge in [0, 0.05) is 6.20 Å². The number of hydrogen-bond acceptors (Lipinski definition) is 7. The topological polar surface area (TPSA) is 116 Å². The van der Waals surface area contributed by atoms with Crippen molar-refractivity contribution in [1.82, 2.24) is 9.38 Å². The summed E-state index contributed by atoms with van der Waals surface area (Å²) in [6, 6.07) is 3.93. The van der Waals surface area contributed by atoms with Crippen LogP contribution in [0.2, 0.25) is 0 Å². The van der Waals surface area contributed by atoms with Crippen LogP contribution in [0.3, 0.4) is 0 Å². The van der Waals surface area contributed by atoms with Crippen LogP contribution in [0.5, 0.6) is 0 Å². The first kappa shape index (κ1) is 17.4. The molecule has 0 radical (unpaired) electrons. The van der Waals surface area contributed by atoms with Gasteiger partial charge < -0.3 is 10.1 Å². The molecule has 2 heterocycles. The minimum absolute atomic E-state index is 0.127. The Morgan fingerprint density at radius 1 is 1.46 bits per heavy atom. The molecule has 0 amide bonds. The number of methoxy groups -OCH3 is 1. The number of esters is 1. The molecule has 0 aliphatic carbocycles. The van der Waals surface area contributed by atoms with Gasteiger partial charge in [0.25, 0.3) is 0 Å². The van der Waals surface area contributed by atoms with Crippen molar-refractivity contribution in [3.8, 4) is 0 Å². The minimum Gasteiger partial charge on any atom is -0.467 e. The van der Waals surface area contributed by atoms with E-state index in [1.807, 2.05) is 13.8 Å². The normalized spacial score (nSPS) is 12.2. The molecule has 0 aliphatic heterocycles. The van der Waals surface area contributed by atoms with E-state index in [0.717, 1.165) is 4.40 Å². The van der Waals surface area contributed by atoms with Crippen molar-refractivity contribution in [3.05, 3.63) is 44.9 Å². The third-order valence-electron chi connectivity index (χ3n) is 3.40. The lowest BCUT2D eigenvalue weighted by atomic mass is 10.0. The average molecular weight is 334 g/mol. The van der Waals surface area contributed by atoms with Crippen LogP contribution < -0.4 is 10.9 Å². The van der Waals surface area contributed by atoms with Gasteiger partial charge in [-0.2, -0.15) is 0 Å². The molecular formula is C15H18N4O5. The van der Waals surface area contributed by atoms with Crippen LogP contribution in [-0.4, -0.2) is 33.4 Å². The quantitative estimate of drug-likeness (QED) is 0.484. The second-order valence-electron chi connectivity index (χ2n) is 5.65. The molecule has 0 fully saturated rings. The number of rotatable bonds is 6. The monoisotopic (exact) mass is 334 g/mol. The Bertz CT molecular complexity index is 830. The summed E-state index contributed by atoms with van der Waals surface area (Å²) in [6.45, 7) is 3.80. The molecule has 24 heavy (non-hydrogen) atoms. The van der Waals surface area contributed by atoms with Crippen LogP contribution in [0.4, 0.5) is 11.5 Å².